The maximum atomic E-state index is 12.1. The highest BCUT2D eigenvalue weighted by Gasteiger charge is 2.38. The predicted octanol–water partition coefficient (Wildman–Crippen LogP) is 1.76. The van der Waals surface area contributed by atoms with E-state index >= 15 is 0 Å². The molecule has 0 bridgehead atoms. The zero-order valence-electron chi connectivity index (χ0n) is 13.6. The van der Waals surface area contributed by atoms with Crippen LogP contribution < -0.4 is 10.5 Å². The van der Waals surface area contributed by atoms with Crippen LogP contribution in [0.3, 0.4) is 0 Å². The zero-order valence-corrected chi connectivity index (χ0v) is 15.2. The first-order valence-electron chi connectivity index (χ1n) is 7.95. The molecule has 1 aromatic heterocycles. The summed E-state index contributed by atoms with van der Waals surface area (Å²) in [5, 5.41) is 4.25. The van der Waals surface area contributed by atoms with Crippen LogP contribution in [0.2, 0.25) is 0 Å². The number of hydrogen-bond donors (Lipinski definition) is 1. The summed E-state index contributed by atoms with van der Waals surface area (Å²) in [5.41, 5.74) is 4.99. The number of primary amides is 1. The van der Waals surface area contributed by atoms with E-state index in [0.29, 0.717) is 30.6 Å². The number of carbonyl (C=O) groups excluding carboxylic acids is 1. The van der Waals surface area contributed by atoms with Gasteiger partial charge in [-0.2, -0.15) is 9.78 Å². The third-order valence-electron chi connectivity index (χ3n) is 4.65. The van der Waals surface area contributed by atoms with Crippen LogP contribution in [0.15, 0.2) is 27.8 Å². The van der Waals surface area contributed by atoms with Crippen molar-refractivity contribution in [3.8, 4) is 5.88 Å². The van der Waals surface area contributed by atoms with Gasteiger partial charge in [0.25, 0.3) is 0 Å². The van der Waals surface area contributed by atoms with Crippen LogP contribution in [0.25, 0.3) is 0 Å². The molecular weight excluding hydrogens is 376 g/mol. The minimum absolute atomic E-state index is 0.326. The van der Waals surface area contributed by atoms with Crippen molar-refractivity contribution in [3.05, 3.63) is 22.8 Å². The SMILES string of the molecule is COc1c(Br)cnn1C1=NCC(CC2CCOCC2)(C(N)=O)C=C1. The molecule has 0 radical (unpaired) electrons. The molecule has 1 saturated heterocycles. The Kier molecular flexibility index (Phi) is 5.05. The minimum Gasteiger partial charge on any atom is -0.480 e. The van der Waals surface area contributed by atoms with Gasteiger partial charge >= 0.3 is 0 Å². The Morgan fingerprint density at radius 1 is 1.54 bits per heavy atom. The van der Waals surface area contributed by atoms with Crippen molar-refractivity contribution in [1.29, 1.82) is 0 Å². The molecule has 24 heavy (non-hydrogen) atoms. The number of methoxy groups -OCH3 is 1. The number of nitrogens with zero attached hydrogens (tertiary/aromatic N) is 3. The third kappa shape index (κ3) is 3.25. The molecule has 1 amide bonds. The lowest BCUT2D eigenvalue weighted by atomic mass is 9.75. The van der Waals surface area contributed by atoms with E-state index in [1.165, 1.54) is 0 Å². The molecule has 3 rings (SSSR count). The Morgan fingerprint density at radius 3 is 2.88 bits per heavy atom. The first kappa shape index (κ1) is 17.2. The standard InChI is InChI=1S/C16H21BrN4O3/c1-23-14-12(17)9-20-21(14)13-2-5-16(10-19-13,15(18)22)8-11-3-6-24-7-4-11/h2,5,9,11H,3-4,6-8,10H2,1H3,(H2,18,22). The first-order valence-corrected chi connectivity index (χ1v) is 8.74. The summed E-state index contributed by atoms with van der Waals surface area (Å²) >= 11 is 3.38. The van der Waals surface area contributed by atoms with Crippen LogP contribution in [0.4, 0.5) is 0 Å². The van der Waals surface area contributed by atoms with Crippen LogP contribution in [-0.4, -0.2) is 48.4 Å². The monoisotopic (exact) mass is 396 g/mol. The lowest BCUT2D eigenvalue weighted by molar-refractivity contribution is -0.126. The van der Waals surface area contributed by atoms with Gasteiger partial charge in [-0.15, -0.1) is 0 Å². The number of aromatic nitrogens is 2. The highest BCUT2D eigenvalue weighted by Crippen LogP contribution is 2.35. The second-order valence-electron chi connectivity index (χ2n) is 6.20. The van der Waals surface area contributed by atoms with E-state index in [-0.39, 0.29) is 5.91 Å². The van der Waals surface area contributed by atoms with E-state index in [1.807, 2.05) is 6.08 Å². The van der Waals surface area contributed by atoms with E-state index in [0.717, 1.165) is 30.5 Å². The molecule has 8 heteroatoms. The van der Waals surface area contributed by atoms with E-state index < -0.39 is 5.41 Å². The molecule has 1 fully saturated rings. The van der Waals surface area contributed by atoms with Gasteiger partial charge in [-0.05, 0) is 47.2 Å². The molecule has 130 valence electrons. The normalized spacial score (nSPS) is 24.7. The quantitative estimate of drug-likeness (QED) is 0.838. The molecule has 2 aliphatic heterocycles. The van der Waals surface area contributed by atoms with E-state index in [9.17, 15) is 4.79 Å². The van der Waals surface area contributed by atoms with Gasteiger partial charge in [-0.25, -0.2) is 0 Å². The largest absolute Gasteiger partial charge is 0.480 e. The van der Waals surface area contributed by atoms with Crippen molar-refractivity contribution in [2.45, 2.75) is 19.3 Å². The second kappa shape index (κ2) is 7.06. The summed E-state index contributed by atoms with van der Waals surface area (Å²) in [4.78, 5) is 16.7. The lowest BCUT2D eigenvalue weighted by Crippen LogP contribution is -2.42. The van der Waals surface area contributed by atoms with E-state index in [4.69, 9.17) is 15.2 Å². The Morgan fingerprint density at radius 2 is 2.29 bits per heavy atom. The molecule has 3 heterocycles. The van der Waals surface area contributed by atoms with Crippen molar-refractivity contribution < 1.29 is 14.3 Å². The van der Waals surface area contributed by atoms with Gasteiger partial charge in [0.05, 0.1) is 29.7 Å². The fourth-order valence-electron chi connectivity index (χ4n) is 3.22. The predicted molar refractivity (Wildman–Crippen MR) is 93.1 cm³/mol. The fourth-order valence-corrected chi connectivity index (χ4v) is 3.64. The van der Waals surface area contributed by atoms with Crippen LogP contribution in [0.1, 0.15) is 19.3 Å². The van der Waals surface area contributed by atoms with E-state index in [2.05, 4.69) is 26.0 Å². The summed E-state index contributed by atoms with van der Waals surface area (Å²) in [6.45, 7) is 1.82. The van der Waals surface area contributed by atoms with Gasteiger partial charge in [-0.1, -0.05) is 6.08 Å². The van der Waals surface area contributed by atoms with Crippen LogP contribution in [0, 0.1) is 11.3 Å². The highest BCUT2D eigenvalue weighted by atomic mass is 79.9. The fraction of sp³-hybridized carbons (Fsp3) is 0.562. The highest BCUT2D eigenvalue weighted by molar-refractivity contribution is 9.10. The third-order valence-corrected chi connectivity index (χ3v) is 5.20. The van der Waals surface area contributed by atoms with Gasteiger partial charge < -0.3 is 15.2 Å². The first-order chi connectivity index (χ1) is 11.6. The smallest absolute Gasteiger partial charge is 0.232 e. The Bertz CT molecular complexity index is 679. The number of halogens is 1. The number of rotatable bonds is 4. The molecule has 1 aromatic rings. The molecule has 1 atom stereocenters. The number of dihydropyridines is 1. The number of nitrogens with two attached hydrogens (primary N) is 1. The van der Waals surface area contributed by atoms with Crippen LogP contribution in [-0.2, 0) is 9.53 Å². The summed E-state index contributed by atoms with van der Waals surface area (Å²) in [6.07, 6.45) is 7.95. The molecule has 2 aliphatic rings. The summed E-state index contributed by atoms with van der Waals surface area (Å²) in [5.74, 6) is 1.29. The number of allylic oxidation sites excluding steroid dienone is 1. The van der Waals surface area contributed by atoms with Gasteiger partial charge in [0.2, 0.25) is 11.8 Å². The molecule has 1 unspecified atom stereocenters. The van der Waals surface area contributed by atoms with Gasteiger partial charge in [0.15, 0.2) is 5.84 Å². The second-order valence-corrected chi connectivity index (χ2v) is 7.06. The lowest BCUT2D eigenvalue weighted by Gasteiger charge is -2.33. The van der Waals surface area contributed by atoms with Crippen molar-refractivity contribution >= 4 is 27.7 Å². The molecule has 2 N–H and O–H groups in total. The number of ether oxygens (including phenoxy) is 2. The van der Waals surface area contributed by atoms with Crippen molar-refractivity contribution in [3.63, 3.8) is 0 Å². The topological polar surface area (TPSA) is 91.7 Å². The van der Waals surface area contributed by atoms with Crippen molar-refractivity contribution in [2.75, 3.05) is 26.9 Å². The number of hydrogen-bond acceptors (Lipinski definition) is 5. The van der Waals surface area contributed by atoms with Crippen LogP contribution >= 0.6 is 15.9 Å². The maximum Gasteiger partial charge on any atom is 0.232 e. The molecular formula is C16H21BrN4O3. The Labute approximate surface area is 149 Å². The Balaban J connectivity index is 1.80. The van der Waals surface area contributed by atoms with Crippen LogP contribution in [0.5, 0.6) is 5.88 Å². The summed E-state index contributed by atoms with van der Waals surface area (Å²) in [6, 6.07) is 0. The van der Waals surface area contributed by atoms with Gasteiger partial charge in [0.1, 0.15) is 0 Å². The molecule has 0 saturated carbocycles. The number of aliphatic imine (C=N–C) groups is 1. The molecule has 0 aromatic carbocycles. The summed E-state index contributed by atoms with van der Waals surface area (Å²) < 4.78 is 13.1. The van der Waals surface area contributed by atoms with Crippen molar-refractivity contribution in [2.24, 2.45) is 22.1 Å². The molecule has 0 spiro atoms. The minimum atomic E-state index is -0.733. The average molecular weight is 397 g/mol. The van der Waals surface area contributed by atoms with Crippen molar-refractivity contribution in [1.82, 2.24) is 9.78 Å². The maximum absolute atomic E-state index is 12.1. The average Bonchev–Trinajstić information content (AvgIpc) is 2.97. The van der Waals surface area contributed by atoms with E-state index in [1.54, 1.807) is 24.1 Å². The number of carbonyl (C=O) groups is 1. The Hall–Kier alpha value is -1.67. The number of amides is 1. The summed E-state index contributed by atoms with van der Waals surface area (Å²) in [7, 11) is 1.57. The molecule has 7 nitrogen and oxygen atoms in total. The molecule has 0 aliphatic carbocycles. The zero-order chi connectivity index (χ0) is 17.2. The van der Waals surface area contributed by atoms with Gasteiger partial charge in [-0.3, -0.25) is 9.79 Å². The van der Waals surface area contributed by atoms with Gasteiger partial charge in [0, 0.05) is 13.2 Å².